The van der Waals surface area contributed by atoms with Crippen LogP contribution in [0.2, 0.25) is 0 Å². The molecule has 4 atom stereocenters. The van der Waals surface area contributed by atoms with E-state index in [2.05, 4.69) is 0 Å². The van der Waals surface area contributed by atoms with Crippen molar-refractivity contribution in [2.45, 2.75) is 19.0 Å². The van der Waals surface area contributed by atoms with Gasteiger partial charge in [-0.1, -0.05) is 48.0 Å². The third kappa shape index (κ3) is 2.49. The van der Waals surface area contributed by atoms with Gasteiger partial charge in [0.2, 0.25) is 17.6 Å². The second-order valence-electron chi connectivity index (χ2n) is 8.50. The van der Waals surface area contributed by atoms with Crippen LogP contribution in [0.4, 0.5) is 11.4 Å². The number of aryl methyl sites for hydroxylation is 1. The molecule has 0 spiro atoms. The van der Waals surface area contributed by atoms with Crippen molar-refractivity contribution in [1.29, 1.82) is 0 Å². The molecule has 1 aromatic heterocycles. The van der Waals surface area contributed by atoms with Crippen LogP contribution in [0.3, 0.4) is 0 Å². The predicted octanol–water partition coefficient (Wildman–Crippen LogP) is 3.86. The van der Waals surface area contributed by atoms with Crippen molar-refractivity contribution in [2.75, 3.05) is 9.80 Å². The number of fused-ring (bicyclic) bond motifs is 5. The Balaban J connectivity index is 1.50. The molecule has 32 heavy (non-hydrogen) atoms. The van der Waals surface area contributed by atoms with Crippen LogP contribution in [0.5, 0.6) is 0 Å². The first-order valence-electron chi connectivity index (χ1n) is 10.6. The van der Waals surface area contributed by atoms with Gasteiger partial charge in [0.05, 0.1) is 29.8 Å². The van der Waals surface area contributed by atoms with Crippen LogP contribution in [0.15, 0.2) is 77.4 Å². The lowest BCUT2D eigenvalue weighted by atomic mass is 9.87. The van der Waals surface area contributed by atoms with Crippen molar-refractivity contribution in [3.8, 4) is 0 Å². The van der Waals surface area contributed by atoms with E-state index in [1.54, 1.807) is 24.3 Å². The van der Waals surface area contributed by atoms with Crippen LogP contribution in [-0.2, 0) is 9.59 Å². The maximum absolute atomic E-state index is 13.7. The summed E-state index contributed by atoms with van der Waals surface area (Å²) in [4.78, 5) is 44.1. The van der Waals surface area contributed by atoms with E-state index in [0.717, 1.165) is 16.8 Å². The molecule has 3 aliphatic rings. The van der Waals surface area contributed by atoms with E-state index in [1.165, 1.54) is 11.2 Å². The number of carbonyl (C=O) groups excluding carboxylic acids is 3. The van der Waals surface area contributed by atoms with Gasteiger partial charge in [-0.3, -0.25) is 14.4 Å². The van der Waals surface area contributed by atoms with Crippen molar-refractivity contribution < 1.29 is 18.8 Å². The maximum atomic E-state index is 13.7. The van der Waals surface area contributed by atoms with Gasteiger partial charge in [0.25, 0.3) is 0 Å². The number of Topliss-reactive ketones (excluding diaryl/α,β-unsaturated/α-hetero) is 1. The molecule has 2 fully saturated rings. The van der Waals surface area contributed by atoms with Gasteiger partial charge in [-0.05, 0) is 42.8 Å². The lowest BCUT2D eigenvalue weighted by Gasteiger charge is -2.36. The molecule has 4 heterocycles. The molecule has 2 saturated heterocycles. The second-order valence-corrected chi connectivity index (χ2v) is 8.50. The summed E-state index contributed by atoms with van der Waals surface area (Å²) >= 11 is 0. The molecular formula is C26H20N2O4. The average Bonchev–Trinajstić information content (AvgIpc) is 3.51. The number of nitrogens with zero attached hydrogens (tertiary/aromatic N) is 2. The van der Waals surface area contributed by atoms with Gasteiger partial charge in [0, 0.05) is 5.69 Å². The van der Waals surface area contributed by atoms with E-state index in [4.69, 9.17) is 4.42 Å². The predicted molar refractivity (Wildman–Crippen MR) is 119 cm³/mol. The summed E-state index contributed by atoms with van der Waals surface area (Å²) in [5.74, 6) is -2.13. The number of hydrogen-bond acceptors (Lipinski definition) is 5. The molecule has 3 aliphatic heterocycles. The van der Waals surface area contributed by atoms with E-state index < -0.39 is 17.9 Å². The summed E-state index contributed by atoms with van der Waals surface area (Å²) in [6, 6.07) is 17.1. The quantitative estimate of drug-likeness (QED) is 0.472. The first-order valence-corrected chi connectivity index (χ1v) is 10.6. The van der Waals surface area contributed by atoms with Crippen LogP contribution >= 0.6 is 0 Å². The Morgan fingerprint density at radius 1 is 0.906 bits per heavy atom. The Hall–Kier alpha value is -3.93. The number of para-hydroxylation sites is 1. The molecule has 6 nitrogen and oxygen atoms in total. The Morgan fingerprint density at radius 2 is 1.66 bits per heavy atom. The monoisotopic (exact) mass is 424 g/mol. The van der Waals surface area contributed by atoms with Crippen LogP contribution < -0.4 is 9.80 Å². The Labute approximate surface area is 184 Å². The van der Waals surface area contributed by atoms with Gasteiger partial charge in [-0.15, -0.1) is 0 Å². The molecule has 0 aliphatic carbocycles. The number of carbonyl (C=O) groups is 3. The highest BCUT2D eigenvalue weighted by atomic mass is 16.3. The van der Waals surface area contributed by atoms with Crippen LogP contribution in [-0.4, -0.2) is 29.7 Å². The Morgan fingerprint density at radius 3 is 2.41 bits per heavy atom. The fraction of sp³-hybridized carbons (Fsp3) is 0.192. The minimum atomic E-state index is -0.825. The summed E-state index contributed by atoms with van der Waals surface area (Å²) in [5, 5.41) is 0. The van der Waals surface area contributed by atoms with Crippen LogP contribution in [0.25, 0.3) is 6.08 Å². The molecule has 6 rings (SSSR count). The molecule has 0 N–H and O–H groups in total. The number of amides is 2. The van der Waals surface area contributed by atoms with Crippen LogP contribution in [0, 0.1) is 18.8 Å². The van der Waals surface area contributed by atoms with Crippen molar-refractivity contribution in [1.82, 2.24) is 0 Å². The number of ketones is 1. The van der Waals surface area contributed by atoms with Crippen LogP contribution in [0.1, 0.15) is 21.7 Å². The molecule has 0 bridgehead atoms. The van der Waals surface area contributed by atoms with Gasteiger partial charge < -0.3 is 9.32 Å². The first kappa shape index (κ1) is 18.8. The summed E-state index contributed by atoms with van der Waals surface area (Å²) in [7, 11) is 0. The van der Waals surface area contributed by atoms with Gasteiger partial charge in [0.15, 0.2) is 5.76 Å². The van der Waals surface area contributed by atoms with Crippen molar-refractivity contribution >= 4 is 35.0 Å². The van der Waals surface area contributed by atoms with E-state index in [0.29, 0.717) is 5.69 Å². The van der Waals surface area contributed by atoms with Gasteiger partial charge >= 0.3 is 0 Å². The van der Waals surface area contributed by atoms with E-state index >= 15 is 0 Å². The molecule has 0 saturated carbocycles. The minimum Gasteiger partial charge on any atom is -0.461 e. The Bertz CT molecular complexity index is 1280. The molecule has 2 aromatic carbocycles. The fourth-order valence-corrected chi connectivity index (χ4v) is 5.33. The topological polar surface area (TPSA) is 70.8 Å². The molecule has 0 unspecified atom stereocenters. The normalized spacial score (nSPS) is 25.7. The molecule has 6 heteroatoms. The van der Waals surface area contributed by atoms with E-state index in [1.807, 2.05) is 60.4 Å². The molecule has 0 radical (unpaired) electrons. The van der Waals surface area contributed by atoms with Crippen molar-refractivity contribution in [3.63, 3.8) is 0 Å². The number of furan rings is 1. The third-order valence-corrected chi connectivity index (χ3v) is 6.74. The zero-order chi connectivity index (χ0) is 22.0. The smallest absolute Gasteiger partial charge is 0.240 e. The lowest BCUT2D eigenvalue weighted by molar-refractivity contribution is -0.122. The highest BCUT2D eigenvalue weighted by Crippen LogP contribution is 2.49. The largest absolute Gasteiger partial charge is 0.461 e. The van der Waals surface area contributed by atoms with Crippen molar-refractivity contribution in [2.24, 2.45) is 11.8 Å². The second kappa shape index (κ2) is 6.79. The highest BCUT2D eigenvalue weighted by molar-refractivity contribution is 6.25. The third-order valence-electron chi connectivity index (χ3n) is 6.74. The fourth-order valence-electron chi connectivity index (χ4n) is 5.33. The summed E-state index contributed by atoms with van der Waals surface area (Å²) < 4.78 is 5.41. The van der Waals surface area contributed by atoms with E-state index in [-0.39, 0.29) is 29.4 Å². The zero-order valence-electron chi connectivity index (χ0n) is 17.3. The Kier molecular flexibility index (Phi) is 3.99. The number of rotatable bonds is 3. The number of benzene rings is 2. The lowest BCUT2D eigenvalue weighted by Crippen LogP contribution is -2.48. The summed E-state index contributed by atoms with van der Waals surface area (Å²) in [6.45, 7) is 1.95. The average molecular weight is 424 g/mol. The first-order chi connectivity index (χ1) is 15.6. The number of hydrogen-bond donors (Lipinski definition) is 0. The van der Waals surface area contributed by atoms with E-state index in [9.17, 15) is 14.4 Å². The highest BCUT2D eigenvalue weighted by Gasteiger charge is 2.64. The number of anilines is 2. The SMILES string of the molecule is Cc1ccc(N2C(=O)[C@@H]3[C@@H](C2=O)[C@@H]2C=Cc4ccccc4N2[C@@H]3C(=O)c2ccco2)cc1. The van der Waals surface area contributed by atoms with Gasteiger partial charge in [-0.2, -0.15) is 0 Å². The molecular weight excluding hydrogens is 404 g/mol. The summed E-state index contributed by atoms with van der Waals surface area (Å²) in [6.07, 6.45) is 5.36. The summed E-state index contributed by atoms with van der Waals surface area (Å²) in [5.41, 5.74) is 3.38. The zero-order valence-corrected chi connectivity index (χ0v) is 17.3. The molecule has 2 amide bonds. The van der Waals surface area contributed by atoms with Gasteiger partial charge in [0.1, 0.15) is 6.04 Å². The molecule has 158 valence electrons. The maximum Gasteiger partial charge on any atom is 0.240 e. The minimum absolute atomic E-state index is 0.190. The van der Waals surface area contributed by atoms with Crippen molar-refractivity contribution in [3.05, 3.63) is 89.9 Å². The standard InChI is InChI=1S/C26H20N2O4/c1-15-8-11-17(12-9-15)27-25(30)21-19-13-10-16-5-2-3-6-18(16)28(19)23(22(21)26(27)31)24(29)20-7-4-14-32-20/h2-14,19,21-23H,1H3/t19-,21-,22+,23-/m0/s1. The number of imide groups is 1. The molecule has 3 aromatic rings. The van der Waals surface area contributed by atoms with Gasteiger partial charge in [-0.25, -0.2) is 4.90 Å².